The zero-order chi connectivity index (χ0) is 14.6. The fourth-order valence-electron chi connectivity index (χ4n) is 2.52. The van der Waals surface area contributed by atoms with Gasteiger partial charge in [-0.3, -0.25) is 10.1 Å². The molecule has 1 aromatic rings. The molecule has 0 amide bonds. The second-order valence-corrected chi connectivity index (χ2v) is 5.19. The van der Waals surface area contributed by atoms with E-state index in [0.717, 1.165) is 25.7 Å². The number of rotatable bonds is 6. The maximum absolute atomic E-state index is 10.9. The van der Waals surface area contributed by atoms with Crippen LogP contribution < -0.4 is 10.1 Å². The first-order valence-corrected chi connectivity index (χ1v) is 6.91. The monoisotopic (exact) mass is 280 g/mol. The lowest BCUT2D eigenvalue weighted by Crippen LogP contribution is -2.33. The molecular weight excluding hydrogens is 260 g/mol. The van der Waals surface area contributed by atoms with Crippen LogP contribution in [0.25, 0.3) is 0 Å². The Morgan fingerprint density at radius 2 is 2.10 bits per heavy atom. The predicted molar refractivity (Wildman–Crippen MR) is 76.2 cm³/mol. The van der Waals surface area contributed by atoms with Crippen LogP contribution in [0.15, 0.2) is 18.2 Å². The SMILES string of the molecule is CCOc1cc(NCC2(O)CCCC2)cc([N+](=O)[O-])c1. The zero-order valence-electron chi connectivity index (χ0n) is 11.6. The van der Waals surface area contributed by atoms with E-state index in [2.05, 4.69) is 5.32 Å². The third kappa shape index (κ3) is 3.60. The van der Waals surface area contributed by atoms with Gasteiger partial charge in [-0.1, -0.05) is 12.8 Å². The van der Waals surface area contributed by atoms with Gasteiger partial charge in [0.05, 0.1) is 23.2 Å². The first-order valence-electron chi connectivity index (χ1n) is 6.91. The summed E-state index contributed by atoms with van der Waals surface area (Å²) < 4.78 is 5.33. The molecule has 0 atom stereocenters. The van der Waals surface area contributed by atoms with Gasteiger partial charge in [0.25, 0.3) is 5.69 Å². The Bertz CT molecular complexity index is 484. The van der Waals surface area contributed by atoms with Gasteiger partial charge in [0, 0.05) is 24.4 Å². The number of nitrogens with zero attached hydrogens (tertiary/aromatic N) is 1. The fraction of sp³-hybridized carbons (Fsp3) is 0.571. The van der Waals surface area contributed by atoms with Gasteiger partial charge in [-0.05, 0) is 19.8 Å². The van der Waals surface area contributed by atoms with Gasteiger partial charge in [-0.25, -0.2) is 0 Å². The Balaban J connectivity index is 2.11. The first kappa shape index (κ1) is 14.6. The second kappa shape index (κ2) is 6.09. The molecule has 110 valence electrons. The molecule has 0 spiro atoms. The van der Waals surface area contributed by atoms with E-state index in [9.17, 15) is 15.2 Å². The van der Waals surface area contributed by atoms with Gasteiger partial charge in [0.15, 0.2) is 0 Å². The minimum atomic E-state index is -0.698. The summed E-state index contributed by atoms with van der Waals surface area (Å²) in [4.78, 5) is 10.5. The number of non-ortho nitro benzene ring substituents is 1. The lowest BCUT2D eigenvalue weighted by atomic mass is 10.0. The van der Waals surface area contributed by atoms with Crippen molar-refractivity contribution in [2.24, 2.45) is 0 Å². The molecule has 1 saturated carbocycles. The van der Waals surface area contributed by atoms with Crippen LogP contribution in [0.2, 0.25) is 0 Å². The summed E-state index contributed by atoms with van der Waals surface area (Å²) in [5.41, 5.74) is -0.115. The molecule has 1 aliphatic carbocycles. The normalized spacial score (nSPS) is 16.9. The van der Waals surface area contributed by atoms with Crippen molar-refractivity contribution in [3.63, 3.8) is 0 Å². The molecule has 2 rings (SSSR count). The number of nitro benzene ring substituents is 1. The average Bonchev–Trinajstić information content (AvgIpc) is 2.84. The van der Waals surface area contributed by atoms with E-state index in [-0.39, 0.29) is 5.69 Å². The Kier molecular flexibility index (Phi) is 4.44. The standard InChI is InChI=1S/C14H20N2O4/c1-2-20-13-8-11(7-12(9-13)16(18)19)15-10-14(17)5-3-4-6-14/h7-9,15,17H,2-6,10H2,1H3. The summed E-state index contributed by atoms with van der Waals surface area (Å²) in [6, 6.07) is 4.58. The van der Waals surface area contributed by atoms with Crippen LogP contribution in [0.5, 0.6) is 5.75 Å². The highest BCUT2D eigenvalue weighted by Gasteiger charge is 2.30. The van der Waals surface area contributed by atoms with Crippen LogP contribution in [0.4, 0.5) is 11.4 Å². The molecule has 0 saturated heterocycles. The number of ether oxygens (including phenoxy) is 1. The Labute approximate surface area is 117 Å². The third-order valence-corrected chi connectivity index (χ3v) is 3.57. The number of hydrogen-bond donors (Lipinski definition) is 2. The predicted octanol–water partition coefficient (Wildman–Crippen LogP) is 2.71. The zero-order valence-corrected chi connectivity index (χ0v) is 11.6. The average molecular weight is 280 g/mol. The van der Waals surface area contributed by atoms with Crippen molar-refractivity contribution in [1.29, 1.82) is 0 Å². The Morgan fingerprint density at radius 3 is 2.70 bits per heavy atom. The highest BCUT2D eigenvalue weighted by atomic mass is 16.6. The molecule has 0 heterocycles. The molecule has 0 bridgehead atoms. The van der Waals surface area contributed by atoms with Crippen LogP contribution in [0.3, 0.4) is 0 Å². The number of nitro groups is 1. The van der Waals surface area contributed by atoms with Gasteiger partial charge in [-0.2, -0.15) is 0 Å². The molecule has 0 radical (unpaired) electrons. The topological polar surface area (TPSA) is 84.6 Å². The number of nitrogens with one attached hydrogen (secondary N) is 1. The molecule has 0 aromatic heterocycles. The van der Waals surface area contributed by atoms with Crippen LogP contribution in [0.1, 0.15) is 32.6 Å². The van der Waals surface area contributed by atoms with Crippen LogP contribution >= 0.6 is 0 Å². The molecule has 1 fully saturated rings. The second-order valence-electron chi connectivity index (χ2n) is 5.19. The highest BCUT2D eigenvalue weighted by Crippen LogP contribution is 2.31. The van der Waals surface area contributed by atoms with Crippen molar-refractivity contribution in [3.8, 4) is 5.75 Å². The van der Waals surface area contributed by atoms with Crippen molar-refractivity contribution in [3.05, 3.63) is 28.3 Å². The Morgan fingerprint density at radius 1 is 1.40 bits per heavy atom. The van der Waals surface area contributed by atoms with Gasteiger partial charge < -0.3 is 15.2 Å². The van der Waals surface area contributed by atoms with Crippen molar-refractivity contribution in [1.82, 2.24) is 0 Å². The van der Waals surface area contributed by atoms with Crippen LogP contribution in [-0.4, -0.2) is 28.8 Å². The van der Waals surface area contributed by atoms with Crippen molar-refractivity contribution >= 4 is 11.4 Å². The minimum Gasteiger partial charge on any atom is -0.494 e. The van der Waals surface area contributed by atoms with E-state index in [4.69, 9.17) is 4.74 Å². The summed E-state index contributed by atoms with van der Waals surface area (Å²) in [5.74, 6) is 0.461. The van der Waals surface area contributed by atoms with Gasteiger partial charge in [0.1, 0.15) is 5.75 Å². The third-order valence-electron chi connectivity index (χ3n) is 3.57. The maximum Gasteiger partial charge on any atom is 0.275 e. The van der Waals surface area contributed by atoms with E-state index >= 15 is 0 Å². The van der Waals surface area contributed by atoms with Crippen molar-refractivity contribution in [2.45, 2.75) is 38.2 Å². The Hall–Kier alpha value is -1.82. The van der Waals surface area contributed by atoms with Gasteiger partial charge in [0.2, 0.25) is 0 Å². The summed E-state index contributed by atoms with van der Waals surface area (Å²) in [7, 11) is 0. The van der Waals surface area contributed by atoms with Gasteiger partial charge >= 0.3 is 0 Å². The number of hydrogen-bond acceptors (Lipinski definition) is 5. The summed E-state index contributed by atoms with van der Waals surface area (Å²) in [6.07, 6.45) is 3.59. The number of anilines is 1. The molecule has 0 unspecified atom stereocenters. The quantitative estimate of drug-likeness (QED) is 0.618. The lowest BCUT2D eigenvalue weighted by Gasteiger charge is -2.23. The van der Waals surface area contributed by atoms with E-state index in [1.54, 1.807) is 6.07 Å². The highest BCUT2D eigenvalue weighted by molar-refractivity contribution is 5.56. The smallest absolute Gasteiger partial charge is 0.275 e. The first-order chi connectivity index (χ1) is 9.52. The molecule has 1 aromatic carbocycles. The van der Waals surface area contributed by atoms with Crippen molar-refractivity contribution < 1.29 is 14.8 Å². The number of benzene rings is 1. The fourth-order valence-corrected chi connectivity index (χ4v) is 2.52. The van der Waals surface area contributed by atoms with E-state index < -0.39 is 10.5 Å². The van der Waals surface area contributed by atoms with Crippen LogP contribution in [0, 0.1) is 10.1 Å². The molecule has 6 nitrogen and oxygen atoms in total. The molecule has 6 heteroatoms. The number of aliphatic hydroxyl groups is 1. The largest absolute Gasteiger partial charge is 0.494 e. The van der Waals surface area contributed by atoms with Gasteiger partial charge in [-0.15, -0.1) is 0 Å². The summed E-state index contributed by atoms with van der Waals surface area (Å²) in [5, 5.41) is 24.3. The summed E-state index contributed by atoms with van der Waals surface area (Å²) >= 11 is 0. The molecule has 20 heavy (non-hydrogen) atoms. The van der Waals surface area contributed by atoms with E-state index in [0.29, 0.717) is 24.6 Å². The van der Waals surface area contributed by atoms with E-state index in [1.165, 1.54) is 12.1 Å². The summed E-state index contributed by atoms with van der Waals surface area (Å²) in [6.45, 7) is 2.68. The van der Waals surface area contributed by atoms with Crippen molar-refractivity contribution in [2.75, 3.05) is 18.5 Å². The maximum atomic E-state index is 10.9. The van der Waals surface area contributed by atoms with E-state index in [1.807, 2.05) is 6.92 Å². The van der Waals surface area contributed by atoms with Crippen LogP contribution in [-0.2, 0) is 0 Å². The molecule has 1 aliphatic rings. The molecule has 0 aliphatic heterocycles. The molecule has 2 N–H and O–H groups in total. The molecular formula is C14H20N2O4. The lowest BCUT2D eigenvalue weighted by molar-refractivity contribution is -0.384. The minimum absolute atomic E-state index is 0.0168.